The monoisotopic (exact) mass is 516 g/mol. The van der Waals surface area contributed by atoms with Crippen LogP contribution in [-0.2, 0) is 13.2 Å². The van der Waals surface area contributed by atoms with Gasteiger partial charge in [0.1, 0.15) is 30.3 Å². The smallest absolute Gasteiger partial charge is 0.141 e. The molecule has 1 aromatic heterocycles. The van der Waals surface area contributed by atoms with Gasteiger partial charge in [-0.1, -0.05) is 67.9 Å². The van der Waals surface area contributed by atoms with Crippen LogP contribution in [0.1, 0.15) is 41.8 Å². The van der Waals surface area contributed by atoms with Gasteiger partial charge >= 0.3 is 0 Å². The Kier molecular flexibility index (Phi) is 8.88. The minimum Gasteiger partial charge on any atom is -0.487 e. The van der Waals surface area contributed by atoms with Crippen LogP contribution < -0.4 is 15.4 Å². The number of ether oxygens (including phenoxy) is 1. The lowest BCUT2D eigenvalue weighted by Gasteiger charge is -2.13. The van der Waals surface area contributed by atoms with Crippen LogP contribution in [0.3, 0.4) is 0 Å². The molecule has 0 saturated heterocycles. The molecule has 0 radical (unpaired) electrons. The molecule has 0 fully saturated rings. The summed E-state index contributed by atoms with van der Waals surface area (Å²) in [6, 6.07) is 20.6. The minimum absolute atomic E-state index is 0.222. The van der Waals surface area contributed by atoms with E-state index in [1.54, 1.807) is 24.3 Å². The molecular weight excluding hydrogens is 487 g/mol. The summed E-state index contributed by atoms with van der Waals surface area (Å²) >= 11 is 6.47. The quantitative estimate of drug-likeness (QED) is 0.227. The summed E-state index contributed by atoms with van der Waals surface area (Å²) in [5, 5.41) is 7.20. The van der Waals surface area contributed by atoms with Crippen LogP contribution in [0.2, 0.25) is 5.02 Å². The summed E-state index contributed by atoms with van der Waals surface area (Å²) in [6.45, 7) is 7.29. The summed E-state index contributed by atoms with van der Waals surface area (Å²) < 4.78 is 19.2. The second kappa shape index (κ2) is 12.5. The number of benzene rings is 3. The Morgan fingerprint density at radius 1 is 0.973 bits per heavy atom. The lowest BCUT2D eigenvalue weighted by molar-refractivity contribution is 0.306. The van der Waals surface area contributed by atoms with Crippen LogP contribution in [-0.4, -0.2) is 16.0 Å². The summed E-state index contributed by atoms with van der Waals surface area (Å²) in [5.74, 6) is 0.890. The second-order valence-corrected chi connectivity index (χ2v) is 9.43. The van der Waals surface area contributed by atoms with Gasteiger partial charge in [0.05, 0.1) is 10.7 Å². The highest BCUT2D eigenvalue weighted by molar-refractivity contribution is 6.32. The largest absolute Gasteiger partial charge is 0.487 e. The molecule has 2 N–H and O–H groups in total. The zero-order valence-electron chi connectivity index (χ0n) is 21.1. The summed E-state index contributed by atoms with van der Waals surface area (Å²) in [4.78, 5) is 8.80. The topological polar surface area (TPSA) is 59.1 Å². The van der Waals surface area contributed by atoms with Crippen LogP contribution in [0.15, 0.2) is 73.1 Å². The summed E-state index contributed by atoms with van der Waals surface area (Å²) in [5.41, 5.74) is 5.56. The van der Waals surface area contributed by atoms with Crippen molar-refractivity contribution >= 4 is 35.3 Å². The molecule has 0 amide bonds. The van der Waals surface area contributed by atoms with E-state index in [0.717, 1.165) is 34.6 Å². The van der Waals surface area contributed by atoms with Gasteiger partial charge < -0.3 is 15.4 Å². The van der Waals surface area contributed by atoms with E-state index in [1.165, 1.54) is 24.0 Å². The molecular formula is C30H30ClFN4O. The Morgan fingerprint density at radius 3 is 2.51 bits per heavy atom. The van der Waals surface area contributed by atoms with Crippen molar-refractivity contribution in [3.8, 4) is 5.75 Å². The third-order valence-electron chi connectivity index (χ3n) is 5.70. The van der Waals surface area contributed by atoms with Crippen molar-refractivity contribution < 1.29 is 9.13 Å². The normalized spacial score (nSPS) is 11.3. The van der Waals surface area contributed by atoms with Crippen LogP contribution in [0.5, 0.6) is 5.75 Å². The predicted octanol–water partition coefficient (Wildman–Crippen LogP) is 7.57. The Morgan fingerprint density at radius 2 is 1.78 bits per heavy atom. The lowest BCUT2D eigenvalue weighted by Crippen LogP contribution is -2.21. The molecule has 0 saturated carbocycles. The highest BCUT2D eigenvalue weighted by Gasteiger charge is 2.09. The maximum Gasteiger partial charge on any atom is 0.141 e. The first-order valence-electron chi connectivity index (χ1n) is 12.1. The molecule has 0 bridgehead atoms. The van der Waals surface area contributed by atoms with Crippen molar-refractivity contribution in [3.05, 3.63) is 112 Å². The molecule has 0 spiro atoms. The van der Waals surface area contributed by atoms with E-state index < -0.39 is 0 Å². The van der Waals surface area contributed by atoms with E-state index >= 15 is 0 Å². The molecule has 0 aliphatic rings. The van der Waals surface area contributed by atoms with Crippen molar-refractivity contribution in [3.63, 3.8) is 0 Å². The first kappa shape index (κ1) is 26.3. The fraction of sp³-hybridized carbons (Fsp3) is 0.200. The number of anilines is 2. The molecule has 0 atom stereocenters. The van der Waals surface area contributed by atoms with Crippen LogP contribution in [0.25, 0.3) is 12.2 Å². The maximum absolute atomic E-state index is 13.4. The molecule has 4 rings (SSSR count). The lowest BCUT2D eigenvalue weighted by atomic mass is 10.1. The Labute approximate surface area is 222 Å². The number of hydrogen-bond donors (Lipinski definition) is 2. The van der Waals surface area contributed by atoms with Crippen molar-refractivity contribution in [1.29, 1.82) is 0 Å². The average molecular weight is 517 g/mol. The van der Waals surface area contributed by atoms with Gasteiger partial charge in [0.25, 0.3) is 0 Å². The fourth-order valence-electron chi connectivity index (χ4n) is 3.65. The molecule has 5 nitrogen and oxygen atoms in total. The van der Waals surface area contributed by atoms with Crippen LogP contribution >= 0.6 is 11.6 Å². The number of nitrogens with zero attached hydrogens (tertiary/aromatic N) is 2. The number of nitrogens with one attached hydrogen (secondary N) is 2. The minimum atomic E-state index is -0.298. The van der Waals surface area contributed by atoms with Gasteiger partial charge in [0.2, 0.25) is 0 Å². The van der Waals surface area contributed by atoms with Crippen molar-refractivity contribution in [1.82, 2.24) is 15.3 Å². The van der Waals surface area contributed by atoms with Gasteiger partial charge in [-0.2, -0.15) is 0 Å². The van der Waals surface area contributed by atoms with Crippen molar-refractivity contribution in [2.24, 2.45) is 0 Å². The molecule has 37 heavy (non-hydrogen) atoms. The molecule has 190 valence electrons. The highest BCUT2D eigenvalue weighted by Crippen LogP contribution is 2.31. The molecule has 7 heteroatoms. The number of aryl methyl sites for hydroxylation is 1. The Hall–Kier alpha value is -3.74. The van der Waals surface area contributed by atoms with Crippen molar-refractivity contribution in [2.45, 2.75) is 40.0 Å². The Bertz CT molecular complexity index is 1370. The van der Waals surface area contributed by atoms with Crippen LogP contribution in [0, 0.1) is 12.7 Å². The Balaban J connectivity index is 1.45. The summed E-state index contributed by atoms with van der Waals surface area (Å²) in [7, 11) is 0. The highest BCUT2D eigenvalue weighted by atomic mass is 35.5. The van der Waals surface area contributed by atoms with E-state index in [-0.39, 0.29) is 12.4 Å². The predicted molar refractivity (Wildman–Crippen MR) is 150 cm³/mol. The molecule has 3 aromatic carbocycles. The van der Waals surface area contributed by atoms with E-state index in [2.05, 4.69) is 58.7 Å². The first-order chi connectivity index (χ1) is 17.9. The van der Waals surface area contributed by atoms with Gasteiger partial charge in [-0.05, 0) is 60.0 Å². The number of aromatic nitrogens is 2. The SMILES string of the molecule is Cc1ncnc(Nc2ccc(OCc3cccc(F)c3)c(Cl)c2)c1/C=C/c1ccc(CNC(C)C)cc1. The summed E-state index contributed by atoms with van der Waals surface area (Å²) in [6.07, 6.45) is 5.59. The molecule has 1 heterocycles. The van der Waals surface area contributed by atoms with Gasteiger partial charge in [-0.3, -0.25) is 0 Å². The third kappa shape index (κ3) is 7.62. The molecule has 4 aromatic rings. The number of rotatable bonds is 10. The molecule has 0 aliphatic carbocycles. The number of halogens is 2. The third-order valence-corrected chi connectivity index (χ3v) is 5.99. The second-order valence-electron chi connectivity index (χ2n) is 9.02. The molecule has 0 aliphatic heterocycles. The average Bonchev–Trinajstić information content (AvgIpc) is 2.87. The fourth-order valence-corrected chi connectivity index (χ4v) is 3.89. The van der Waals surface area contributed by atoms with Gasteiger partial charge in [-0.15, -0.1) is 0 Å². The first-order valence-corrected chi connectivity index (χ1v) is 12.5. The van der Waals surface area contributed by atoms with Crippen LogP contribution in [0.4, 0.5) is 15.9 Å². The molecule has 0 unspecified atom stereocenters. The zero-order chi connectivity index (χ0) is 26.2. The van der Waals surface area contributed by atoms with E-state index in [4.69, 9.17) is 16.3 Å². The van der Waals surface area contributed by atoms with Gasteiger partial charge in [0, 0.05) is 23.8 Å². The standard InChI is InChI=1S/C30H30ClFN4O/c1-20(2)33-17-23-9-7-22(8-10-23)11-13-27-21(3)34-19-35-30(27)36-26-12-14-29(28(31)16-26)37-18-24-5-4-6-25(32)15-24/h4-16,19-20,33H,17-18H2,1-3H3,(H,34,35,36)/b13-11+. The maximum atomic E-state index is 13.4. The van der Waals surface area contributed by atoms with Gasteiger partial charge in [-0.25, -0.2) is 14.4 Å². The number of hydrogen-bond acceptors (Lipinski definition) is 5. The van der Waals surface area contributed by atoms with E-state index in [1.807, 2.05) is 25.1 Å². The van der Waals surface area contributed by atoms with E-state index in [9.17, 15) is 4.39 Å². The van der Waals surface area contributed by atoms with Gasteiger partial charge in [0.15, 0.2) is 0 Å². The van der Waals surface area contributed by atoms with Crippen molar-refractivity contribution in [2.75, 3.05) is 5.32 Å². The van der Waals surface area contributed by atoms with E-state index in [0.29, 0.717) is 22.6 Å². The zero-order valence-corrected chi connectivity index (χ0v) is 21.9.